The molecule has 0 spiro atoms. The number of amides is 2. The van der Waals surface area contributed by atoms with Gasteiger partial charge in [-0.25, -0.2) is 0 Å². The number of carbonyl (C=O) groups is 2. The molecule has 3 rings (SSSR count). The highest BCUT2D eigenvalue weighted by atomic mass is 16.5. The summed E-state index contributed by atoms with van der Waals surface area (Å²) in [5.41, 5.74) is 1.70. The number of nitrogens with one attached hydrogen (secondary N) is 3. The number of phenols is 1. The van der Waals surface area contributed by atoms with Crippen molar-refractivity contribution < 1.29 is 19.4 Å². The van der Waals surface area contributed by atoms with Gasteiger partial charge in [0.25, 0.3) is 5.91 Å². The number of hydrogen-bond donors (Lipinski definition) is 4. The fourth-order valence-corrected chi connectivity index (χ4v) is 2.86. The standard InChI is InChI=1S/C16H18N4O4/c1-3-24-11-6-8(4-5-10(11)21)9-7-12(22)18-15-13(9)14(19-20-15)16(23)17-2/h4-6,9,21H,3,7H2,1-2H3,(H,17,23)(H2,18,19,20,22). The fraction of sp³-hybridized carbons (Fsp3) is 0.312. The molecule has 0 fully saturated rings. The zero-order valence-electron chi connectivity index (χ0n) is 13.3. The first-order valence-electron chi connectivity index (χ1n) is 7.61. The van der Waals surface area contributed by atoms with E-state index in [-0.39, 0.29) is 29.9 Å². The number of fused-ring (bicyclic) bond motifs is 1. The molecule has 0 radical (unpaired) electrons. The number of aromatic nitrogens is 2. The Balaban J connectivity index is 2.09. The molecule has 8 heteroatoms. The number of H-pyrrole nitrogens is 1. The Bertz CT molecular complexity index is 799. The predicted octanol–water partition coefficient (Wildman–Crippen LogP) is 1.35. The van der Waals surface area contributed by atoms with Gasteiger partial charge >= 0.3 is 0 Å². The molecule has 1 aliphatic rings. The minimum Gasteiger partial charge on any atom is -0.504 e. The lowest BCUT2D eigenvalue weighted by atomic mass is 9.85. The van der Waals surface area contributed by atoms with Gasteiger partial charge in [-0.15, -0.1) is 0 Å². The molecule has 2 aromatic rings. The van der Waals surface area contributed by atoms with Crippen molar-refractivity contribution in [2.75, 3.05) is 19.0 Å². The van der Waals surface area contributed by atoms with Gasteiger partial charge in [0.1, 0.15) is 5.69 Å². The number of benzene rings is 1. The Kier molecular flexibility index (Phi) is 4.11. The van der Waals surface area contributed by atoms with E-state index in [4.69, 9.17) is 4.74 Å². The molecule has 1 atom stereocenters. The molecule has 24 heavy (non-hydrogen) atoms. The van der Waals surface area contributed by atoms with Crippen molar-refractivity contribution in [1.82, 2.24) is 15.5 Å². The fourth-order valence-electron chi connectivity index (χ4n) is 2.86. The van der Waals surface area contributed by atoms with Gasteiger partial charge < -0.3 is 20.5 Å². The topological polar surface area (TPSA) is 116 Å². The van der Waals surface area contributed by atoms with Gasteiger partial charge in [0, 0.05) is 24.9 Å². The average molecular weight is 330 g/mol. The normalized spacial score (nSPS) is 16.2. The molecule has 1 aliphatic heterocycles. The highest BCUT2D eigenvalue weighted by Crippen LogP contribution is 2.40. The molecule has 1 aromatic heterocycles. The molecule has 4 N–H and O–H groups in total. The van der Waals surface area contributed by atoms with E-state index >= 15 is 0 Å². The van der Waals surface area contributed by atoms with Gasteiger partial charge in [0.2, 0.25) is 5.91 Å². The van der Waals surface area contributed by atoms with Crippen molar-refractivity contribution in [1.29, 1.82) is 0 Å². The van der Waals surface area contributed by atoms with Crippen molar-refractivity contribution in [2.45, 2.75) is 19.3 Å². The zero-order chi connectivity index (χ0) is 17.3. The molecule has 8 nitrogen and oxygen atoms in total. The lowest BCUT2D eigenvalue weighted by Gasteiger charge is -2.23. The summed E-state index contributed by atoms with van der Waals surface area (Å²) in [6, 6.07) is 4.92. The van der Waals surface area contributed by atoms with E-state index in [1.54, 1.807) is 12.1 Å². The first-order chi connectivity index (χ1) is 11.5. The van der Waals surface area contributed by atoms with Gasteiger partial charge in [0.05, 0.1) is 6.61 Å². The lowest BCUT2D eigenvalue weighted by Crippen LogP contribution is -2.26. The van der Waals surface area contributed by atoms with Gasteiger partial charge in [-0.2, -0.15) is 5.10 Å². The number of phenolic OH excluding ortho intramolecular Hbond substituents is 1. The molecule has 0 saturated heterocycles. The van der Waals surface area contributed by atoms with Crippen LogP contribution in [0.3, 0.4) is 0 Å². The summed E-state index contributed by atoms with van der Waals surface area (Å²) in [6.45, 7) is 2.22. The lowest BCUT2D eigenvalue weighted by molar-refractivity contribution is -0.116. The minimum absolute atomic E-state index is 0.0276. The first-order valence-corrected chi connectivity index (χ1v) is 7.61. The van der Waals surface area contributed by atoms with Crippen LogP contribution in [0.1, 0.15) is 40.9 Å². The van der Waals surface area contributed by atoms with E-state index in [1.165, 1.54) is 13.1 Å². The van der Waals surface area contributed by atoms with Crippen LogP contribution < -0.4 is 15.4 Å². The van der Waals surface area contributed by atoms with Crippen LogP contribution in [-0.4, -0.2) is 40.8 Å². The molecule has 2 amide bonds. The van der Waals surface area contributed by atoms with E-state index in [1.807, 2.05) is 6.92 Å². The van der Waals surface area contributed by atoms with E-state index < -0.39 is 0 Å². The number of nitrogens with zero attached hydrogens (tertiary/aromatic N) is 1. The number of anilines is 1. The van der Waals surface area contributed by atoms with Crippen LogP contribution in [0, 0.1) is 0 Å². The van der Waals surface area contributed by atoms with Crippen molar-refractivity contribution in [3.05, 3.63) is 35.0 Å². The summed E-state index contributed by atoms with van der Waals surface area (Å²) >= 11 is 0. The average Bonchev–Trinajstić information content (AvgIpc) is 2.99. The summed E-state index contributed by atoms with van der Waals surface area (Å²) < 4.78 is 5.41. The van der Waals surface area contributed by atoms with Crippen LogP contribution in [-0.2, 0) is 4.79 Å². The zero-order valence-corrected chi connectivity index (χ0v) is 13.3. The summed E-state index contributed by atoms with van der Waals surface area (Å²) in [7, 11) is 1.53. The molecule has 0 aliphatic carbocycles. The molecule has 1 aromatic carbocycles. The van der Waals surface area contributed by atoms with Crippen LogP contribution in [0.15, 0.2) is 18.2 Å². The number of carbonyl (C=O) groups excluding carboxylic acids is 2. The Morgan fingerprint density at radius 2 is 2.29 bits per heavy atom. The van der Waals surface area contributed by atoms with Gasteiger partial charge in [-0.3, -0.25) is 14.7 Å². The highest BCUT2D eigenvalue weighted by Gasteiger charge is 2.33. The van der Waals surface area contributed by atoms with E-state index in [2.05, 4.69) is 20.8 Å². The minimum atomic E-state index is -0.361. The van der Waals surface area contributed by atoms with Crippen LogP contribution in [0.2, 0.25) is 0 Å². The molecular weight excluding hydrogens is 312 g/mol. The molecule has 0 bridgehead atoms. The van der Waals surface area contributed by atoms with Crippen molar-refractivity contribution >= 4 is 17.6 Å². The van der Waals surface area contributed by atoms with Crippen LogP contribution in [0.25, 0.3) is 0 Å². The third kappa shape index (κ3) is 2.66. The monoisotopic (exact) mass is 330 g/mol. The number of aromatic amines is 1. The first kappa shape index (κ1) is 15.9. The third-order valence-electron chi connectivity index (χ3n) is 3.94. The molecule has 0 saturated carbocycles. The maximum absolute atomic E-state index is 12.1. The second-order valence-electron chi connectivity index (χ2n) is 5.41. The number of ether oxygens (including phenoxy) is 1. The Morgan fingerprint density at radius 3 is 3.00 bits per heavy atom. The SMILES string of the molecule is CCOc1cc(C2CC(=O)Nc3n[nH]c(C(=O)NC)c32)ccc1O. The summed E-state index contributed by atoms with van der Waals surface area (Å²) in [5, 5.41) is 21.8. The van der Waals surface area contributed by atoms with Gasteiger partial charge in [-0.05, 0) is 24.6 Å². The van der Waals surface area contributed by atoms with E-state index in [0.29, 0.717) is 29.4 Å². The molecular formula is C16H18N4O4. The van der Waals surface area contributed by atoms with Gasteiger partial charge in [-0.1, -0.05) is 6.07 Å². The van der Waals surface area contributed by atoms with Gasteiger partial charge in [0.15, 0.2) is 17.3 Å². The van der Waals surface area contributed by atoms with Crippen LogP contribution in [0.5, 0.6) is 11.5 Å². The van der Waals surface area contributed by atoms with Crippen molar-refractivity contribution in [3.63, 3.8) is 0 Å². The van der Waals surface area contributed by atoms with E-state index in [0.717, 1.165) is 5.56 Å². The predicted molar refractivity (Wildman–Crippen MR) is 86.3 cm³/mol. The van der Waals surface area contributed by atoms with Crippen molar-refractivity contribution in [3.8, 4) is 11.5 Å². The molecule has 126 valence electrons. The summed E-state index contributed by atoms with van der Waals surface area (Å²) in [4.78, 5) is 24.1. The Labute approximate surface area is 138 Å². The summed E-state index contributed by atoms with van der Waals surface area (Å²) in [6.07, 6.45) is 0.173. The smallest absolute Gasteiger partial charge is 0.269 e. The maximum Gasteiger partial charge on any atom is 0.269 e. The maximum atomic E-state index is 12.1. The largest absolute Gasteiger partial charge is 0.504 e. The highest BCUT2D eigenvalue weighted by molar-refractivity contribution is 6.00. The summed E-state index contributed by atoms with van der Waals surface area (Å²) in [5.74, 6) is -0.144. The van der Waals surface area contributed by atoms with E-state index in [9.17, 15) is 14.7 Å². The number of hydrogen-bond acceptors (Lipinski definition) is 5. The second kappa shape index (κ2) is 6.23. The number of aromatic hydroxyl groups is 1. The molecule has 2 heterocycles. The second-order valence-corrected chi connectivity index (χ2v) is 5.41. The van der Waals surface area contributed by atoms with Crippen LogP contribution in [0.4, 0.5) is 5.82 Å². The third-order valence-corrected chi connectivity index (χ3v) is 3.94. The number of rotatable bonds is 4. The van der Waals surface area contributed by atoms with Crippen LogP contribution >= 0.6 is 0 Å². The van der Waals surface area contributed by atoms with Crippen molar-refractivity contribution in [2.24, 2.45) is 0 Å². The Morgan fingerprint density at radius 1 is 1.50 bits per heavy atom. The quantitative estimate of drug-likeness (QED) is 0.675. The molecule has 1 unspecified atom stereocenters. The Hall–Kier alpha value is -3.03.